The lowest BCUT2D eigenvalue weighted by Gasteiger charge is -2.08. The summed E-state index contributed by atoms with van der Waals surface area (Å²) in [5.74, 6) is 1.26. The Morgan fingerprint density at radius 1 is 1.03 bits per heavy atom. The van der Waals surface area contributed by atoms with Gasteiger partial charge in [-0.2, -0.15) is 5.10 Å². The minimum atomic E-state index is -0.314. The van der Waals surface area contributed by atoms with Gasteiger partial charge in [-0.15, -0.1) is 0 Å². The van der Waals surface area contributed by atoms with E-state index in [2.05, 4.69) is 26.3 Å². The van der Waals surface area contributed by atoms with E-state index in [0.717, 1.165) is 26.6 Å². The SMILES string of the molecule is O=C(Nc1cccc(Cn2cc(Br)cn2)c1)c1ccc(COc2cccc3ccccc23)o1. The molecule has 6 nitrogen and oxygen atoms in total. The van der Waals surface area contributed by atoms with Crippen molar-refractivity contribution in [2.24, 2.45) is 0 Å². The number of fused-ring (bicyclic) bond motifs is 1. The first kappa shape index (κ1) is 21.0. The molecule has 0 aliphatic carbocycles. The summed E-state index contributed by atoms with van der Waals surface area (Å²) < 4.78 is 14.4. The Hall–Kier alpha value is -3.84. The lowest BCUT2D eigenvalue weighted by atomic mass is 10.1. The first-order chi connectivity index (χ1) is 16.1. The number of nitrogens with zero attached hydrogens (tertiary/aromatic N) is 2. The summed E-state index contributed by atoms with van der Waals surface area (Å²) in [5, 5.41) is 9.29. The van der Waals surface area contributed by atoms with Crippen molar-refractivity contribution in [3.05, 3.63) is 113 Å². The summed E-state index contributed by atoms with van der Waals surface area (Å²) in [7, 11) is 0. The fourth-order valence-electron chi connectivity index (χ4n) is 3.60. The lowest BCUT2D eigenvalue weighted by Crippen LogP contribution is -2.11. The molecule has 0 unspecified atom stereocenters. The number of hydrogen-bond donors (Lipinski definition) is 1. The molecule has 7 heteroatoms. The van der Waals surface area contributed by atoms with Gasteiger partial charge in [-0.1, -0.05) is 48.5 Å². The molecule has 5 aromatic rings. The van der Waals surface area contributed by atoms with Crippen molar-refractivity contribution in [2.45, 2.75) is 13.2 Å². The van der Waals surface area contributed by atoms with Crippen molar-refractivity contribution in [1.82, 2.24) is 9.78 Å². The van der Waals surface area contributed by atoms with E-state index >= 15 is 0 Å². The summed E-state index contributed by atoms with van der Waals surface area (Å²) in [4.78, 5) is 12.7. The lowest BCUT2D eigenvalue weighted by molar-refractivity contribution is 0.0992. The maximum Gasteiger partial charge on any atom is 0.291 e. The first-order valence-electron chi connectivity index (χ1n) is 10.4. The van der Waals surface area contributed by atoms with Crippen LogP contribution >= 0.6 is 15.9 Å². The highest BCUT2D eigenvalue weighted by Crippen LogP contribution is 2.26. The molecule has 1 N–H and O–H groups in total. The molecule has 0 aliphatic rings. The van der Waals surface area contributed by atoms with Gasteiger partial charge in [-0.3, -0.25) is 9.48 Å². The predicted octanol–water partition coefficient (Wildman–Crippen LogP) is 6.27. The second-order valence-corrected chi connectivity index (χ2v) is 8.46. The third-order valence-electron chi connectivity index (χ3n) is 5.14. The average Bonchev–Trinajstić information content (AvgIpc) is 3.47. The molecular weight excluding hydrogens is 482 g/mol. The molecule has 2 aromatic heterocycles. The molecule has 164 valence electrons. The number of furan rings is 1. The Morgan fingerprint density at radius 3 is 2.76 bits per heavy atom. The number of carbonyl (C=O) groups is 1. The van der Waals surface area contributed by atoms with E-state index in [1.165, 1.54) is 0 Å². The molecule has 0 saturated heterocycles. The number of anilines is 1. The molecule has 0 aliphatic heterocycles. The van der Waals surface area contributed by atoms with Crippen LogP contribution in [0.4, 0.5) is 5.69 Å². The molecule has 1 amide bonds. The quantitative estimate of drug-likeness (QED) is 0.285. The molecule has 0 fully saturated rings. The number of hydrogen-bond acceptors (Lipinski definition) is 4. The Kier molecular flexibility index (Phi) is 5.95. The number of amides is 1. The zero-order valence-corrected chi connectivity index (χ0v) is 19.2. The highest BCUT2D eigenvalue weighted by atomic mass is 79.9. The highest BCUT2D eigenvalue weighted by Gasteiger charge is 2.13. The molecule has 0 spiro atoms. The first-order valence-corrected chi connectivity index (χ1v) is 11.2. The topological polar surface area (TPSA) is 69.3 Å². The van der Waals surface area contributed by atoms with Crippen molar-refractivity contribution >= 4 is 38.3 Å². The van der Waals surface area contributed by atoms with E-state index in [1.807, 2.05) is 77.6 Å². The standard InChI is InChI=1S/C26H20BrN3O3/c27-20-14-28-30(16-20)15-18-5-3-8-21(13-18)29-26(31)25-12-11-22(33-25)17-32-24-10-4-7-19-6-1-2-9-23(19)24/h1-14,16H,15,17H2,(H,29,31). The molecular formula is C26H20BrN3O3. The van der Waals surface area contributed by atoms with E-state index in [0.29, 0.717) is 18.0 Å². The van der Waals surface area contributed by atoms with Crippen LogP contribution in [0.2, 0.25) is 0 Å². The molecule has 0 atom stereocenters. The highest BCUT2D eigenvalue weighted by molar-refractivity contribution is 9.10. The van der Waals surface area contributed by atoms with Crippen LogP contribution < -0.4 is 10.1 Å². The van der Waals surface area contributed by atoms with E-state index in [4.69, 9.17) is 9.15 Å². The van der Waals surface area contributed by atoms with Gasteiger partial charge in [0, 0.05) is 17.3 Å². The molecule has 5 rings (SSSR count). The zero-order chi connectivity index (χ0) is 22.6. The van der Waals surface area contributed by atoms with Gasteiger partial charge in [0.2, 0.25) is 0 Å². The number of aromatic nitrogens is 2. The van der Waals surface area contributed by atoms with Gasteiger partial charge in [0.15, 0.2) is 5.76 Å². The Bertz CT molecular complexity index is 1420. The Balaban J connectivity index is 1.23. The maximum atomic E-state index is 12.7. The summed E-state index contributed by atoms with van der Waals surface area (Å²) in [6.45, 7) is 0.835. The van der Waals surface area contributed by atoms with Gasteiger partial charge in [0.05, 0.1) is 17.2 Å². The Morgan fingerprint density at radius 2 is 1.88 bits per heavy atom. The Labute approximate surface area is 198 Å². The van der Waals surface area contributed by atoms with Crippen LogP contribution in [-0.4, -0.2) is 15.7 Å². The van der Waals surface area contributed by atoms with Gasteiger partial charge in [-0.25, -0.2) is 0 Å². The smallest absolute Gasteiger partial charge is 0.291 e. The molecule has 33 heavy (non-hydrogen) atoms. The number of halogens is 1. The fourth-order valence-corrected chi connectivity index (χ4v) is 3.93. The number of nitrogens with one attached hydrogen (secondary N) is 1. The molecule has 0 saturated carbocycles. The summed E-state index contributed by atoms with van der Waals surface area (Å²) in [6, 6.07) is 25.0. The van der Waals surface area contributed by atoms with Crippen molar-refractivity contribution in [3.8, 4) is 5.75 Å². The number of rotatable bonds is 7. The van der Waals surface area contributed by atoms with E-state index in [1.54, 1.807) is 18.3 Å². The van der Waals surface area contributed by atoms with Crippen LogP contribution in [0.5, 0.6) is 5.75 Å². The van der Waals surface area contributed by atoms with Gasteiger partial charge >= 0.3 is 0 Å². The van der Waals surface area contributed by atoms with Crippen LogP contribution in [0.3, 0.4) is 0 Å². The summed E-state index contributed by atoms with van der Waals surface area (Å²) >= 11 is 3.40. The second-order valence-electron chi connectivity index (χ2n) is 7.54. The van der Waals surface area contributed by atoms with Crippen molar-refractivity contribution < 1.29 is 13.9 Å². The number of ether oxygens (including phenoxy) is 1. The monoisotopic (exact) mass is 501 g/mol. The van der Waals surface area contributed by atoms with Gasteiger partial charge in [0.1, 0.15) is 18.1 Å². The molecule has 0 radical (unpaired) electrons. The third kappa shape index (κ3) is 4.99. The van der Waals surface area contributed by atoms with Crippen LogP contribution in [0, 0.1) is 0 Å². The fraction of sp³-hybridized carbons (Fsp3) is 0.0769. The van der Waals surface area contributed by atoms with E-state index in [9.17, 15) is 4.79 Å². The predicted molar refractivity (Wildman–Crippen MR) is 130 cm³/mol. The minimum absolute atomic E-state index is 0.230. The van der Waals surface area contributed by atoms with Gasteiger partial charge < -0.3 is 14.5 Å². The average molecular weight is 502 g/mol. The molecule has 2 heterocycles. The van der Waals surface area contributed by atoms with Crippen LogP contribution in [0.25, 0.3) is 10.8 Å². The van der Waals surface area contributed by atoms with E-state index < -0.39 is 0 Å². The zero-order valence-electron chi connectivity index (χ0n) is 17.6. The third-order valence-corrected chi connectivity index (χ3v) is 5.55. The molecule has 0 bridgehead atoms. The normalized spacial score (nSPS) is 10.9. The van der Waals surface area contributed by atoms with Crippen molar-refractivity contribution in [1.29, 1.82) is 0 Å². The van der Waals surface area contributed by atoms with Crippen molar-refractivity contribution in [3.63, 3.8) is 0 Å². The van der Waals surface area contributed by atoms with Crippen molar-refractivity contribution in [2.75, 3.05) is 5.32 Å². The van der Waals surface area contributed by atoms with Crippen LogP contribution in [0.15, 0.2) is 100 Å². The van der Waals surface area contributed by atoms with Gasteiger partial charge in [0.25, 0.3) is 5.91 Å². The van der Waals surface area contributed by atoms with Crippen LogP contribution in [-0.2, 0) is 13.2 Å². The van der Waals surface area contributed by atoms with Crippen LogP contribution in [0.1, 0.15) is 21.9 Å². The van der Waals surface area contributed by atoms with E-state index in [-0.39, 0.29) is 18.3 Å². The molecule has 3 aromatic carbocycles. The summed E-state index contributed by atoms with van der Waals surface area (Å²) in [5.41, 5.74) is 1.71. The summed E-state index contributed by atoms with van der Waals surface area (Å²) in [6.07, 6.45) is 3.64. The number of benzene rings is 3. The van der Waals surface area contributed by atoms with Gasteiger partial charge in [-0.05, 0) is 57.2 Å². The second kappa shape index (κ2) is 9.34. The number of carbonyl (C=O) groups excluding carboxylic acids is 1. The largest absolute Gasteiger partial charge is 0.485 e. The maximum absolute atomic E-state index is 12.7. The minimum Gasteiger partial charge on any atom is -0.485 e.